The zero-order chi connectivity index (χ0) is 18.6. The van der Waals surface area contributed by atoms with Crippen LogP contribution in [0, 0.1) is 5.92 Å². The van der Waals surface area contributed by atoms with E-state index in [0.29, 0.717) is 35.8 Å². The van der Waals surface area contributed by atoms with Gasteiger partial charge in [-0.2, -0.15) is 0 Å². The van der Waals surface area contributed by atoms with Crippen LogP contribution < -0.4 is 0 Å². The number of aromatic nitrogens is 1. The summed E-state index contributed by atoms with van der Waals surface area (Å²) < 4.78 is 5.59. The van der Waals surface area contributed by atoms with Gasteiger partial charge in [-0.1, -0.05) is 25.3 Å². The average molecular weight is 366 g/mol. The van der Waals surface area contributed by atoms with Crippen molar-refractivity contribution in [1.29, 1.82) is 0 Å². The lowest BCUT2D eigenvalue weighted by atomic mass is 9.88. The number of rotatable bonds is 5. The minimum Gasteiger partial charge on any atom is -0.468 e. The van der Waals surface area contributed by atoms with Crippen molar-refractivity contribution in [3.05, 3.63) is 53.2 Å². The van der Waals surface area contributed by atoms with Crippen LogP contribution in [-0.2, 0) is 13.0 Å². The Labute approximate surface area is 159 Å². The van der Waals surface area contributed by atoms with Gasteiger partial charge >= 0.3 is 0 Å². The highest BCUT2D eigenvalue weighted by Crippen LogP contribution is 2.29. The maximum Gasteiger partial charge on any atom is 0.258 e. The van der Waals surface area contributed by atoms with Crippen molar-refractivity contribution in [3.8, 4) is 0 Å². The van der Waals surface area contributed by atoms with Gasteiger partial charge in [-0.05, 0) is 36.8 Å². The fourth-order valence-electron chi connectivity index (χ4n) is 4.36. The van der Waals surface area contributed by atoms with E-state index in [1.54, 1.807) is 12.4 Å². The summed E-state index contributed by atoms with van der Waals surface area (Å²) >= 11 is 0. The highest BCUT2D eigenvalue weighted by molar-refractivity contribution is 6.09. The van der Waals surface area contributed by atoms with Gasteiger partial charge in [-0.15, -0.1) is 0 Å². The minimum absolute atomic E-state index is 0.0346. The van der Waals surface area contributed by atoms with Gasteiger partial charge in [0, 0.05) is 38.3 Å². The average Bonchev–Trinajstić information content (AvgIpc) is 3.14. The highest BCUT2D eigenvalue weighted by Gasteiger charge is 2.31. The van der Waals surface area contributed by atoms with Crippen molar-refractivity contribution in [2.75, 3.05) is 6.54 Å². The first-order valence-corrected chi connectivity index (χ1v) is 10.0. The second-order valence-electron chi connectivity index (χ2n) is 7.78. The van der Waals surface area contributed by atoms with Gasteiger partial charge in [0.25, 0.3) is 5.91 Å². The van der Waals surface area contributed by atoms with Crippen molar-refractivity contribution in [1.82, 2.24) is 9.88 Å². The Hall–Kier alpha value is -2.43. The topological polar surface area (TPSA) is 63.4 Å². The molecule has 0 spiro atoms. The van der Waals surface area contributed by atoms with Crippen LogP contribution >= 0.6 is 0 Å². The van der Waals surface area contributed by atoms with Crippen molar-refractivity contribution < 1.29 is 14.0 Å². The standard InChI is InChI=1S/C22H26N2O3/c25-19-9-4-10-20-21(19)18(15-27-20)22(26)24(13-16-6-2-1-3-7-16)14-17-8-5-11-23-12-17/h5,8,11-12,15-16H,1-4,6-7,9-10,13-14H2. The van der Waals surface area contributed by atoms with E-state index in [1.807, 2.05) is 17.0 Å². The molecule has 0 saturated heterocycles. The maximum absolute atomic E-state index is 13.4. The van der Waals surface area contributed by atoms with E-state index < -0.39 is 0 Å². The third-order valence-electron chi connectivity index (χ3n) is 5.77. The third-order valence-corrected chi connectivity index (χ3v) is 5.77. The van der Waals surface area contributed by atoms with Gasteiger partial charge in [0.15, 0.2) is 5.78 Å². The van der Waals surface area contributed by atoms with Gasteiger partial charge in [-0.3, -0.25) is 14.6 Å². The molecule has 27 heavy (non-hydrogen) atoms. The minimum atomic E-state index is -0.0929. The lowest BCUT2D eigenvalue weighted by Gasteiger charge is -2.30. The van der Waals surface area contributed by atoms with Crippen LogP contribution in [0.3, 0.4) is 0 Å². The van der Waals surface area contributed by atoms with Gasteiger partial charge in [0.05, 0.1) is 11.1 Å². The second-order valence-corrected chi connectivity index (χ2v) is 7.78. The summed E-state index contributed by atoms with van der Waals surface area (Å²) in [5.41, 5.74) is 1.96. The smallest absolute Gasteiger partial charge is 0.258 e. The van der Waals surface area contributed by atoms with Crippen molar-refractivity contribution >= 4 is 11.7 Å². The first-order valence-electron chi connectivity index (χ1n) is 10.0. The molecule has 2 aromatic rings. The zero-order valence-electron chi connectivity index (χ0n) is 15.7. The number of carbonyl (C=O) groups is 2. The number of fused-ring (bicyclic) bond motifs is 1. The van der Waals surface area contributed by atoms with E-state index in [1.165, 1.54) is 38.4 Å². The van der Waals surface area contributed by atoms with Gasteiger partial charge in [0.2, 0.25) is 0 Å². The summed E-state index contributed by atoms with van der Waals surface area (Å²) in [5, 5.41) is 0. The van der Waals surface area contributed by atoms with Crippen LogP contribution in [0.5, 0.6) is 0 Å². The predicted molar refractivity (Wildman–Crippen MR) is 102 cm³/mol. The maximum atomic E-state index is 13.4. The second kappa shape index (κ2) is 8.07. The Morgan fingerprint density at radius 1 is 1.19 bits per heavy atom. The number of Topliss-reactive ketones (excluding diaryl/α,β-unsaturated/α-hetero) is 1. The summed E-state index contributed by atoms with van der Waals surface area (Å²) in [5.74, 6) is 1.14. The molecule has 5 heteroatoms. The Morgan fingerprint density at radius 3 is 2.81 bits per heavy atom. The molecule has 0 bridgehead atoms. The highest BCUT2D eigenvalue weighted by atomic mass is 16.3. The van der Waals surface area contributed by atoms with Crippen LogP contribution in [0.15, 0.2) is 35.2 Å². The molecule has 0 N–H and O–H groups in total. The van der Waals surface area contributed by atoms with Crippen LogP contribution in [0.4, 0.5) is 0 Å². The lowest BCUT2D eigenvalue weighted by Crippen LogP contribution is -2.36. The molecule has 1 amide bonds. The summed E-state index contributed by atoms with van der Waals surface area (Å²) in [6.07, 6.45) is 13.2. The summed E-state index contributed by atoms with van der Waals surface area (Å²) in [7, 11) is 0. The molecule has 142 valence electrons. The Morgan fingerprint density at radius 2 is 2.04 bits per heavy atom. The molecule has 4 rings (SSSR count). The predicted octanol–water partition coefficient (Wildman–Crippen LogP) is 4.42. The van der Waals surface area contributed by atoms with Crippen molar-refractivity contribution in [3.63, 3.8) is 0 Å². The van der Waals surface area contributed by atoms with E-state index in [4.69, 9.17) is 4.42 Å². The SMILES string of the molecule is O=C1CCCc2occ(C(=O)N(Cc3cccnc3)CC3CCCCC3)c21. The molecule has 2 aliphatic rings. The third kappa shape index (κ3) is 3.97. The van der Waals surface area contributed by atoms with E-state index in [0.717, 1.165) is 24.9 Å². The van der Waals surface area contributed by atoms with E-state index in [-0.39, 0.29) is 11.7 Å². The molecule has 2 heterocycles. The Bertz CT molecular complexity index is 806. The molecule has 0 aliphatic heterocycles. The van der Waals surface area contributed by atoms with E-state index >= 15 is 0 Å². The molecule has 0 aromatic carbocycles. The molecule has 1 fully saturated rings. The zero-order valence-corrected chi connectivity index (χ0v) is 15.7. The normalized spacial score (nSPS) is 17.6. The number of amides is 1. The fraction of sp³-hybridized carbons (Fsp3) is 0.500. The fourth-order valence-corrected chi connectivity index (χ4v) is 4.36. The van der Waals surface area contributed by atoms with Gasteiger partial charge in [0.1, 0.15) is 12.0 Å². The number of furan rings is 1. The molecule has 5 nitrogen and oxygen atoms in total. The van der Waals surface area contributed by atoms with E-state index in [9.17, 15) is 9.59 Å². The van der Waals surface area contributed by atoms with Gasteiger partial charge < -0.3 is 9.32 Å². The van der Waals surface area contributed by atoms with Crippen LogP contribution in [0.25, 0.3) is 0 Å². The van der Waals surface area contributed by atoms with Crippen molar-refractivity contribution in [2.24, 2.45) is 5.92 Å². The summed E-state index contributed by atoms with van der Waals surface area (Å²) in [4.78, 5) is 31.9. The molecule has 2 aromatic heterocycles. The van der Waals surface area contributed by atoms with Crippen LogP contribution in [0.2, 0.25) is 0 Å². The molecule has 0 atom stereocenters. The number of nitrogens with zero attached hydrogens (tertiary/aromatic N) is 2. The molecule has 0 unspecified atom stereocenters. The van der Waals surface area contributed by atoms with Crippen LogP contribution in [0.1, 0.15) is 77.0 Å². The monoisotopic (exact) mass is 366 g/mol. The molecule has 2 aliphatic carbocycles. The summed E-state index contributed by atoms with van der Waals surface area (Å²) in [6, 6.07) is 3.88. The van der Waals surface area contributed by atoms with Gasteiger partial charge in [-0.25, -0.2) is 0 Å². The molecule has 0 radical (unpaired) electrons. The number of aryl methyl sites for hydroxylation is 1. The van der Waals surface area contributed by atoms with Crippen molar-refractivity contribution in [2.45, 2.75) is 57.9 Å². The largest absolute Gasteiger partial charge is 0.468 e. The number of pyridine rings is 1. The van der Waals surface area contributed by atoms with Crippen LogP contribution in [-0.4, -0.2) is 28.1 Å². The number of ketones is 1. The first kappa shape index (κ1) is 18.0. The van der Waals surface area contributed by atoms with E-state index in [2.05, 4.69) is 4.98 Å². The molecular formula is C22H26N2O3. The Balaban J connectivity index is 1.60. The quantitative estimate of drug-likeness (QED) is 0.786. The number of hydrogen-bond donors (Lipinski definition) is 0. The molecule has 1 saturated carbocycles. The summed E-state index contributed by atoms with van der Waals surface area (Å²) in [6.45, 7) is 1.24. The number of hydrogen-bond acceptors (Lipinski definition) is 4. The number of carbonyl (C=O) groups excluding carboxylic acids is 2. The lowest BCUT2D eigenvalue weighted by molar-refractivity contribution is 0.0694. The molecular weight excluding hydrogens is 340 g/mol. The Kier molecular flexibility index (Phi) is 5.37. The first-order chi connectivity index (χ1) is 13.2.